The van der Waals surface area contributed by atoms with Crippen molar-refractivity contribution in [2.45, 2.75) is 0 Å². The standard InChI is InChI=1S/C20H15N3O4S2/c1-29(25,26)27-15-9-7-13(8-10-15)11-16-18(21)23-17(14-5-3-2-4-6-14)12-28-20(23)22-19(16)24/h2-12,21H,1H3. The van der Waals surface area contributed by atoms with Gasteiger partial charge in [-0.1, -0.05) is 54.2 Å². The van der Waals surface area contributed by atoms with Gasteiger partial charge in [-0.15, -0.1) is 0 Å². The molecule has 0 atom stereocenters. The summed E-state index contributed by atoms with van der Waals surface area (Å²) in [6.45, 7) is 0. The fourth-order valence-electron chi connectivity index (χ4n) is 2.88. The average Bonchev–Trinajstić information content (AvgIpc) is 3.10. The van der Waals surface area contributed by atoms with E-state index in [0.717, 1.165) is 17.5 Å². The normalized spacial score (nSPS) is 17.8. The Labute approximate surface area is 172 Å². The van der Waals surface area contributed by atoms with Crippen molar-refractivity contribution in [3.8, 4) is 5.75 Å². The van der Waals surface area contributed by atoms with Crippen LogP contribution in [0.15, 0.2) is 70.6 Å². The van der Waals surface area contributed by atoms with Gasteiger partial charge >= 0.3 is 10.1 Å². The van der Waals surface area contributed by atoms with Crippen LogP contribution in [0.5, 0.6) is 5.75 Å². The number of aliphatic imine (C=N–C) groups is 1. The van der Waals surface area contributed by atoms with Crippen LogP contribution in [0.3, 0.4) is 0 Å². The molecule has 1 amide bonds. The van der Waals surface area contributed by atoms with Crippen molar-refractivity contribution in [3.05, 3.63) is 76.7 Å². The molecule has 2 heterocycles. The Kier molecular flexibility index (Phi) is 4.85. The van der Waals surface area contributed by atoms with Crippen LogP contribution in [0, 0.1) is 5.41 Å². The maximum atomic E-state index is 12.5. The zero-order chi connectivity index (χ0) is 20.6. The second-order valence-electron chi connectivity index (χ2n) is 6.29. The molecule has 29 heavy (non-hydrogen) atoms. The van der Waals surface area contributed by atoms with Gasteiger partial charge < -0.3 is 4.18 Å². The van der Waals surface area contributed by atoms with Crippen LogP contribution < -0.4 is 4.18 Å². The van der Waals surface area contributed by atoms with Gasteiger partial charge in [0.2, 0.25) is 0 Å². The van der Waals surface area contributed by atoms with E-state index in [1.165, 1.54) is 23.9 Å². The first-order chi connectivity index (χ1) is 13.8. The van der Waals surface area contributed by atoms with Crippen LogP contribution in [0.2, 0.25) is 0 Å². The summed E-state index contributed by atoms with van der Waals surface area (Å²) in [5, 5.41) is 10.9. The summed E-state index contributed by atoms with van der Waals surface area (Å²) in [7, 11) is -3.61. The third kappa shape index (κ3) is 4.01. The molecule has 146 valence electrons. The number of rotatable bonds is 4. The van der Waals surface area contributed by atoms with E-state index in [-0.39, 0.29) is 17.2 Å². The Bertz CT molecular complexity index is 1200. The van der Waals surface area contributed by atoms with Gasteiger partial charge in [-0.3, -0.25) is 15.1 Å². The van der Waals surface area contributed by atoms with Crippen LogP contribution in [0.4, 0.5) is 0 Å². The lowest BCUT2D eigenvalue weighted by atomic mass is 10.1. The Morgan fingerprint density at radius 1 is 1.10 bits per heavy atom. The number of fused-ring (bicyclic) bond motifs is 1. The molecular formula is C20H15N3O4S2. The third-order valence-electron chi connectivity index (χ3n) is 4.12. The highest BCUT2D eigenvalue weighted by Gasteiger charge is 2.36. The van der Waals surface area contributed by atoms with Gasteiger partial charge in [-0.05, 0) is 29.3 Å². The molecule has 2 aromatic carbocycles. The summed E-state index contributed by atoms with van der Waals surface area (Å²) in [6, 6.07) is 15.8. The molecule has 9 heteroatoms. The van der Waals surface area contributed by atoms with Crippen molar-refractivity contribution in [2.24, 2.45) is 4.99 Å². The third-order valence-corrected chi connectivity index (χ3v) is 5.44. The molecule has 4 rings (SSSR count). The van der Waals surface area contributed by atoms with Gasteiger partial charge in [0.25, 0.3) is 5.91 Å². The minimum atomic E-state index is -3.61. The average molecular weight is 425 g/mol. The lowest BCUT2D eigenvalue weighted by Crippen LogP contribution is -2.38. The summed E-state index contributed by atoms with van der Waals surface area (Å²) in [6.07, 6.45) is 2.52. The molecule has 0 radical (unpaired) electrons. The molecule has 0 saturated carbocycles. The highest BCUT2D eigenvalue weighted by Crippen LogP contribution is 2.37. The Balaban J connectivity index is 1.65. The lowest BCUT2D eigenvalue weighted by molar-refractivity contribution is -0.114. The molecule has 7 nitrogen and oxygen atoms in total. The van der Waals surface area contributed by atoms with Crippen LogP contribution in [0.25, 0.3) is 11.8 Å². The summed E-state index contributed by atoms with van der Waals surface area (Å²) < 4.78 is 27.2. The monoisotopic (exact) mass is 425 g/mol. The second-order valence-corrected chi connectivity index (χ2v) is 8.70. The van der Waals surface area contributed by atoms with E-state index in [2.05, 4.69) is 4.99 Å². The van der Waals surface area contributed by atoms with E-state index in [0.29, 0.717) is 10.7 Å². The predicted octanol–water partition coefficient (Wildman–Crippen LogP) is 3.33. The van der Waals surface area contributed by atoms with E-state index in [1.807, 2.05) is 35.7 Å². The lowest BCUT2D eigenvalue weighted by Gasteiger charge is -2.26. The van der Waals surface area contributed by atoms with Gasteiger partial charge in [0.05, 0.1) is 17.5 Å². The smallest absolute Gasteiger partial charge is 0.306 e. The number of nitrogens with one attached hydrogen (secondary N) is 1. The molecule has 0 unspecified atom stereocenters. The fourth-order valence-corrected chi connectivity index (χ4v) is 4.23. The summed E-state index contributed by atoms with van der Waals surface area (Å²) in [5.41, 5.74) is 2.48. The minimum absolute atomic E-state index is 0.0385. The van der Waals surface area contributed by atoms with Crippen molar-refractivity contribution in [3.63, 3.8) is 0 Å². The number of carbonyl (C=O) groups excluding carboxylic acids is 1. The molecule has 0 spiro atoms. The molecule has 0 aromatic heterocycles. The Hall–Kier alpha value is -3.17. The SMILES string of the molecule is CS(=O)(=O)Oc1ccc(C=C2C(=N)N3C(c4ccccc4)=CSC3=NC2=O)cc1. The first-order valence-corrected chi connectivity index (χ1v) is 11.2. The van der Waals surface area contributed by atoms with Gasteiger partial charge in [0, 0.05) is 5.41 Å². The first kappa shape index (κ1) is 19.2. The summed E-state index contributed by atoms with van der Waals surface area (Å²) >= 11 is 1.30. The number of amidine groups is 2. The zero-order valence-electron chi connectivity index (χ0n) is 15.2. The number of nitrogens with zero attached hydrogens (tertiary/aromatic N) is 2. The van der Waals surface area contributed by atoms with Gasteiger partial charge in [0.15, 0.2) is 5.17 Å². The van der Waals surface area contributed by atoms with Crippen molar-refractivity contribution in [1.82, 2.24) is 4.90 Å². The molecule has 2 aliphatic heterocycles. The van der Waals surface area contributed by atoms with E-state index in [1.54, 1.807) is 23.1 Å². The number of hydrogen-bond donors (Lipinski definition) is 1. The van der Waals surface area contributed by atoms with Crippen molar-refractivity contribution in [2.75, 3.05) is 6.26 Å². The van der Waals surface area contributed by atoms with Crippen LogP contribution >= 0.6 is 11.8 Å². The summed E-state index contributed by atoms with van der Waals surface area (Å²) in [5.74, 6) is -0.283. The second kappa shape index (κ2) is 7.34. The molecule has 2 aliphatic rings. The minimum Gasteiger partial charge on any atom is -0.383 e. The zero-order valence-corrected chi connectivity index (χ0v) is 16.8. The molecule has 0 fully saturated rings. The van der Waals surface area contributed by atoms with Gasteiger partial charge in [-0.2, -0.15) is 13.4 Å². The van der Waals surface area contributed by atoms with E-state index in [9.17, 15) is 13.2 Å². The quantitative estimate of drug-likeness (QED) is 0.596. The fraction of sp³-hybridized carbons (Fsp3) is 0.0500. The Morgan fingerprint density at radius 2 is 1.79 bits per heavy atom. The number of benzene rings is 2. The van der Waals surface area contributed by atoms with E-state index < -0.39 is 16.0 Å². The topological polar surface area (TPSA) is 99.9 Å². The molecular weight excluding hydrogens is 410 g/mol. The predicted molar refractivity (Wildman–Crippen MR) is 114 cm³/mol. The highest BCUT2D eigenvalue weighted by atomic mass is 32.2. The van der Waals surface area contributed by atoms with Crippen molar-refractivity contribution < 1.29 is 17.4 Å². The van der Waals surface area contributed by atoms with E-state index >= 15 is 0 Å². The van der Waals surface area contributed by atoms with Crippen LogP contribution in [-0.2, 0) is 14.9 Å². The largest absolute Gasteiger partial charge is 0.383 e. The van der Waals surface area contributed by atoms with Gasteiger partial charge in [0.1, 0.15) is 11.6 Å². The number of hydrogen-bond acceptors (Lipinski definition) is 6. The molecule has 0 aliphatic carbocycles. The van der Waals surface area contributed by atoms with E-state index in [4.69, 9.17) is 9.59 Å². The molecule has 2 aromatic rings. The summed E-state index contributed by atoms with van der Waals surface area (Å²) in [4.78, 5) is 18.2. The van der Waals surface area contributed by atoms with Crippen LogP contribution in [0.1, 0.15) is 11.1 Å². The van der Waals surface area contributed by atoms with Crippen molar-refractivity contribution >= 4 is 50.6 Å². The number of amides is 1. The molecule has 0 saturated heterocycles. The Morgan fingerprint density at radius 3 is 2.45 bits per heavy atom. The number of carbonyl (C=O) groups is 1. The number of thioether (sulfide) groups is 1. The van der Waals surface area contributed by atoms with Gasteiger partial charge in [-0.25, -0.2) is 0 Å². The maximum absolute atomic E-state index is 12.5. The highest BCUT2D eigenvalue weighted by molar-refractivity contribution is 8.17. The maximum Gasteiger partial charge on any atom is 0.306 e. The first-order valence-electron chi connectivity index (χ1n) is 8.47. The molecule has 0 bridgehead atoms. The van der Waals surface area contributed by atoms with Crippen molar-refractivity contribution in [1.29, 1.82) is 5.41 Å². The molecule has 1 N–H and O–H groups in total. The van der Waals surface area contributed by atoms with Crippen LogP contribution in [-0.4, -0.2) is 36.5 Å².